The fourth-order valence-corrected chi connectivity index (χ4v) is 6.60. The number of hydrogen-bond acceptors (Lipinski definition) is 5. The molecule has 41 heavy (non-hydrogen) atoms. The highest BCUT2D eigenvalue weighted by Crippen LogP contribution is 2.31. The number of esters is 1. The number of ether oxygens (including phenoxy) is 1. The molecular weight excluding hydrogens is 577 g/mol. The van der Waals surface area contributed by atoms with E-state index in [0.717, 1.165) is 27.6 Å². The molecule has 0 spiro atoms. The quantitative estimate of drug-likeness (QED) is 0.221. The van der Waals surface area contributed by atoms with E-state index in [-0.39, 0.29) is 12.2 Å². The zero-order chi connectivity index (χ0) is 28.7. The summed E-state index contributed by atoms with van der Waals surface area (Å²) in [6, 6.07) is 22.6. The van der Waals surface area contributed by atoms with Gasteiger partial charge in [0.15, 0.2) is 4.80 Å². The van der Waals surface area contributed by atoms with E-state index in [1.807, 2.05) is 72.9 Å². The molecule has 206 valence electrons. The van der Waals surface area contributed by atoms with Crippen LogP contribution in [-0.4, -0.2) is 21.7 Å². The summed E-state index contributed by atoms with van der Waals surface area (Å²) in [5.74, 6) is -0.470. The molecule has 6 nitrogen and oxygen atoms in total. The lowest BCUT2D eigenvalue weighted by atomic mass is 9.96. The molecule has 1 aliphatic rings. The predicted octanol–water partition coefficient (Wildman–Crippen LogP) is 6.11. The Labute approximate surface area is 250 Å². The maximum Gasteiger partial charge on any atom is 0.338 e. The van der Waals surface area contributed by atoms with Crippen molar-refractivity contribution in [1.82, 2.24) is 9.13 Å². The van der Waals surface area contributed by atoms with E-state index in [4.69, 9.17) is 27.9 Å². The Morgan fingerprint density at radius 1 is 1.05 bits per heavy atom. The second-order valence-electron chi connectivity index (χ2n) is 9.69. The molecule has 6 rings (SSSR count). The Hall–Kier alpha value is -3.91. The van der Waals surface area contributed by atoms with E-state index in [1.165, 1.54) is 11.3 Å². The van der Waals surface area contributed by atoms with Crippen molar-refractivity contribution in [2.45, 2.75) is 26.4 Å². The van der Waals surface area contributed by atoms with Gasteiger partial charge >= 0.3 is 5.97 Å². The third-order valence-corrected chi connectivity index (χ3v) is 8.80. The number of nitrogens with zero attached hydrogens (tertiary/aromatic N) is 3. The van der Waals surface area contributed by atoms with Gasteiger partial charge in [-0.05, 0) is 49.2 Å². The topological polar surface area (TPSA) is 65.6 Å². The standard InChI is InChI=1S/C32H25Cl2N3O3S/c1-3-40-31(39)28-19(2)35-32-37(29(28)21-9-5-4-6-10-21)30(38)27(41-32)16-22-18-36(26-12-8-7-11-23(22)26)17-20-13-14-24(33)25(34)15-20/h4-16,18,29H,3,17H2,1-2H3/b27-16+/t29-/m1/s1. The predicted molar refractivity (Wildman–Crippen MR) is 164 cm³/mol. The molecule has 0 bridgehead atoms. The summed E-state index contributed by atoms with van der Waals surface area (Å²) >= 11 is 13.7. The van der Waals surface area contributed by atoms with Crippen molar-refractivity contribution in [3.05, 3.63) is 137 Å². The van der Waals surface area contributed by atoms with Crippen LogP contribution in [0.15, 0.2) is 100 Å². The molecule has 0 N–H and O–H groups in total. The van der Waals surface area contributed by atoms with E-state index in [0.29, 0.717) is 37.2 Å². The smallest absolute Gasteiger partial charge is 0.338 e. The highest BCUT2D eigenvalue weighted by atomic mass is 35.5. The number of rotatable bonds is 6. The van der Waals surface area contributed by atoms with Gasteiger partial charge in [-0.3, -0.25) is 9.36 Å². The number of para-hydroxylation sites is 1. The molecule has 0 fully saturated rings. The Morgan fingerprint density at radius 3 is 2.56 bits per heavy atom. The first-order valence-electron chi connectivity index (χ1n) is 13.1. The molecule has 0 amide bonds. The van der Waals surface area contributed by atoms with Gasteiger partial charge in [0.25, 0.3) is 5.56 Å². The van der Waals surface area contributed by atoms with Crippen LogP contribution in [0, 0.1) is 0 Å². The molecule has 1 aliphatic heterocycles. The average Bonchev–Trinajstić information content (AvgIpc) is 3.47. The summed E-state index contributed by atoms with van der Waals surface area (Å²) in [6.07, 6.45) is 3.94. The Morgan fingerprint density at radius 2 is 1.80 bits per heavy atom. The summed E-state index contributed by atoms with van der Waals surface area (Å²) in [5.41, 5.74) is 4.46. The van der Waals surface area contributed by atoms with E-state index in [1.54, 1.807) is 24.5 Å². The second-order valence-corrected chi connectivity index (χ2v) is 11.5. The summed E-state index contributed by atoms with van der Waals surface area (Å²) in [6.45, 7) is 4.37. The minimum absolute atomic E-state index is 0.210. The van der Waals surface area contributed by atoms with Crippen LogP contribution in [-0.2, 0) is 16.1 Å². The van der Waals surface area contributed by atoms with Crippen molar-refractivity contribution in [2.75, 3.05) is 6.61 Å². The van der Waals surface area contributed by atoms with Gasteiger partial charge in [-0.25, -0.2) is 9.79 Å². The molecule has 5 aromatic rings. The fourth-order valence-electron chi connectivity index (χ4n) is 5.24. The zero-order valence-corrected chi connectivity index (χ0v) is 24.6. The van der Waals surface area contributed by atoms with Crippen molar-refractivity contribution in [1.29, 1.82) is 0 Å². The van der Waals surface area contributed by atoms with E-state index < -0.39 is 12.0 Å². The highest BCUT2D eigenvalue weighted by Gasteiger charge is 2.33. The molecule has 0 radical (unpaired) electrons. The zero-order valence-electron chi connectivity index (χ0n) is 22.3. The second kappa shape index (κ2) is 11.2. The molecule has 0 aliphatic carbocycles. The first-order chi connectivity index (χ1) is 19.9. The monoisotopic (exact) mass is 601 g/mol. The van der Waals surface area contributed by atoms with Gasteiger partial charge in [-0.15, -0.1) is 0 Å². The summed E-state index contributed by atoms with van der Waals surface area (Å²) in [5, 5.41) is 2.04. The first kappa shape index (κ1) is 27.3. The molecule has 9 heteroatoms. The summed E-state index contributed by atoms with van der Waals surface area (Å²) < 4.78 is 9.65. The van der Waals surface area contributed by atoms with Crippen molar-refractivity contribution >= 4 is 57.5 Å². The van der Waals surface area contributed by atoms with Crippen molar-refractivity contribution in [2.24, 2.45) is 4.99 Å². The number of fused-ring (bicyclic) bond motifs is 2. The number of thiazole rings is 1. The Balaban J connectivity index is 1.50. The van der Waals surface area contributed by atoms with Gasteiger partial charge in [0.1, 0.15) is 0 Å². The number of allylic oxidation sites excluding steroid dienone is 1. The SMILES string of the molecule is CCOC(=O)C1=C(C)N=c2s/c(=C/c3cn(Cc4ccc(Cl)c(Cl)c4)c4ccccc34)c(=O)n2[C@@H]1c1ccccc1. The van der Waals surface area contributed by atoms with Crippen LogP contribution >= 0.6 is 34.5 Å². The van der Waals surface area contributed by atoms with Crippen LogP contribution in [0.25, 0.3) is 17.0 Å². The van der Waals surface area contributed by atoms with Gasteiger partial charge in [-0.1, -0.05) is 89.1 Å². The van der Waals surface area contributed by atoms with Gasteiger partial charge < -0.3 is 9.30 Å². The van der Waals surface area contributed by atoms with Crippen LogP contribution < -0.4 is 14.9 Å². The Bertz CT molecular complexity index is 2020. The largest absolute Gasteiger partial charge is 0.463 e. The van der Waals surface area contributed by atoms with Gasteiger partial charge in [0.2, 0.25) is 0 Å². The van der Waals surface area contributed by atoms with Crippen molar-refractivity contribution < 1.29 is 9.53 Å². The lowest BCUT2D eigenvalue weighted by molar-refractivity contribution is -0.139. The van der Waals surface area contributed by atoms with Crippen LogP contribution in [0.1, 0.15) is 36.6 Å². The number of benzene rings is 3. The number of hydrogen-bond donors (Lipinski definition) is 0. The minimum atomic E-state index is -0.635. The number of carbonyl (C=O) groups is 1. The third-order valence-electron chi connectivity index (χ3n) is 7.08. The normalized spacial score (nSPS) is 15.2. The lowest BCUT2D eigenvalue weighted by Gasteiger charge is -2.24. The average molecular weight is 603 g/mol. The molecule has 0 saturated heterocycles. The molecular formula is C32H25Cl2N3O3S. The number of carbonyl (C=O) groups excluding carboxylic acids is 1. The maximum absolute atomic E-state index is 14.0. The third kappa shape index (κ3) is 5.05. The minimum Gasteiger partial charge on any atom is -0.463 e. The maximum atomic E-state index is 14.0. The van der Waals surface area contributed by atoms with Crippen molar-refractivity contribution in [3.63, 3.8) is 0 Å². The van der Waals surface area contributed by atoms with Gasteiger partial charge in [0.05, 0.1) is 38.5 Å². The molecule has 0 unspecified atom stereocenters. The Kier molecular flexibility index (Phi) is 7.43. The van der Waals surface area contributed by atoms with E-state index in [2.05, 4.69) is 15.6 Å². The molecule has 0 saturated carbocycles. The van der Waals surface area contributed by atoms with Crippen LogP contribution in [0.4, 0.5) is 0 Å². The summed E-state index contributed by atoms with van der Waals surface area (Å²) in [7, 11) is 0. The summed E-state index contributed by atoms with van der Waals surface area (Å²) in [4.78, 5) is 32.3. The molecule has 1 atom stereocenters. The van der Waals surface area contributed by atoms with Gasteiger partial charge in [-0.2, -0.15) is 0 Å². The molecule has 2 aromatic heterocycles. The number of halogens is 2. The fraction of sp³-hybridized carbons (Fsp3) is 0.156. The van der Waals surface area contributed by atoms with Gasteiger partial charge in [0, 0.05) is 29.2 Å². The highest BCUT2D eigenvalue weighted by molar-refractivity contribution is 7.07. The van der Waals surface area contributed by atoms with Crippen LogP contribution in [0.3, 0.4) is 0 Å². The van der Waals surface area contributed by atoms with Crippen molar-refractivity contribution in [3.8, 4) is 0 Å². The molecule has 3 heterocycles. The van der Waals surface area contributed by atoms with Crippen LogP contribution in [0.5, 0.6) is 0 Å². The van der Waals surface area contributed by atoms with Crippen LogP contribution in [0.2, 0.25) is 10.0 Å². The number of aromatic nitrogens is 2. The first-order valence-corrected chi connectivity index (χ1v) is 14.7. The van der Waals surface area contributed by atoms with E-state index in [9.17, 15) is 9.59 Å². The van der Waals surface area contributed by atoms with E-state index >= 15 is 0 Å². The molecule has 3 aromatic carbocycles. The lowest BCUT2D eigenvalue weighted by Crippen LogP contribution is -2.39.